The molecule has 0 saturated carbocycles. The van der Waals surface area contributed by atoms with Gasteiger partial charge in [-0.25, -0.2) is 0 Å². The lowest BCUT2D eigenvalue weighted by molar-refractivity contribution is -0.136. The van der Waals surface area contributed by atoms with E-state index in [-0.39, 0.29) is 12.5 Å². The van der Waals surface area contributed by atoms with Gasteiger partial charge in [-0.1, -0.05) is 24.3 Å². The summed E-state index contributed by atoms with van der Waals surface area (Å²) in [5.41, 5.74) is 0.941. The minimum atomic E-state index is -0.803. The third-order valence-electron chi connectivity index (χ3n) is 3.53. The smallest absolute Gasteiger partial charge is 0.303 e. The standard InChI is InChI=1S/C18H18O5/c19-18(20)9-8-13-4-3-5-14(10-13)21-11-15-12-22-16-6-1-2-7-17(16)23-15/h1-7,10,15H,8-9,11-12H2,(H,19,20). The number of aryl methyl sites for hydroxylation is 1. The molecule has 0 radical (unpaired) electrons. The predicted octanol–water partition coefficient (Wildman–Crippen LogP) is 2.92. The molecule has 1 aliphatic heterocycles. The molecule has 23 heavy (non-hydrogen) atoms. The van der Waals surface area contributed by atoms with Gasteiger partial charge < -0.3 is 19.3 Å². The summed E-state index contributed by atoms with van der Waals surface area (Å²) in [6.07, 6.45) is 0.426. The number of hydrogen-bond donors (Lipinski definition) is 1. The Morgan fingerprint density at radius 3 is 2.83 bits per heavy atom. The lowest BCUT2D eigenvalue weighted by Crippen LogP contribution is -2.34. The molecule has 5 heteroatoms. The van der Waals surface area contributed by atoms with Gasteiger partial charge in [0.15, 0.2) is 17.6 Å². The van der Waals surface area contributed by atoms with Crippen LogP contribution in [0.25, 0.3) is 0 Å². The van der Waals surface area contributed by atoms with E-state index in [0.29, 0.717) is 25.4 Å². The fraction of sp³-hybridized carbons (Fsp3) is 0.278. The van der Waals surface area contributed by atoms with Crippen LogP contribution in [0.2, 0.25) is 0 Å². The highest BCUT2D eigenvalue weighted by Crippen LogP contribution is 2.31. The topological polar surface area (TPSA) is 65.0 Å². The van der Waals surface area contributed by atoms with Crippen molar-refractivity contribution >= 4 is 5.97 Å². The van der Waals surface area contributed by atoms with Crippen molar-refractivity contribution in [3.8, 4) is 17.2 Å². The van der Waals surface area contributed by atoms with Gasteiger partial charge in [-0.3, -0.25) is 4.79 Å². The average molecular weight is 314 g/mol. The molecule has 1 aliphatic rings. The van der Waals surface area contributed by atoms with Gasteiger partial charge in [0.05, 0.1) is 0 Å². The monoisotopic (exact) mass is 314 g/mol. The lowest BCUT2D eigenvalue weighted by Gasteiger charge is -2.26. The maximum absolute atomic E-state index is 10.6. The molecule has 5 nitrogen and oxygen atoms in total. The fourth-order valence-corrected chi connectivity index (χ4v) is 2.38. The molecule has 1 N–H and O–H groups in total. The second-order valence-corrected chi connectivity index (χ2v) is 5.35. The van der Waals surface area contributed by atoms with Gasteiger partial charge >= 0.3 is 5.97 Å². The van der Waals surface area contributed by atoms with Crippen molar-refractivity contribution in [2.24, 2.45) is 0 Å². The highest BCUT2D eigenvalue weighted by Gasteiger charge is 2.21. The van der Waals surface area contributed by atoms with Gasteiger partial charge in [-0.2, -0.15) is 0 Å². The first kappa shape index (κ1) is 15.2. The van der Waals surface area contributed by atoms with Crippen molar-refractivity contribution in [3.63, 3.8) is 0 Å². The number of carboxylic acids is 1. The van der Waals surface area contributed by atoms with Crippen LogP contribution in [-0.4, -0.2) is 30.4 Å². The molecule has 0 aliphatic carbocycles. The number of rotatable bonds is 6. The highest BCUT2D eigenvalue weighted by atomic mass is 16.6. The van der Waals surface area contributed by atoms with Crippen molar-refractivity contribution in [2.45, 2.75) is 18.9 Å². The molecule has 0 amide bonds. The SMILES string of the molecule is O=C(O)CCc1cccc(OCC2COc3ccccc3O2)c1. The first-order valence-electron chi connectivity index (χ1n) is 7.53. The summed E-state index contributed by atoms with van der Waals surface area (Å²) in [4.78, 5) is 10.6. The first-order valence-corrected chi connectivity index (χ1v) is 7.53. The lowest BCUT2D eigenvalue weighted by atomic mass is 10.1. The summed E-state index contributed by atoms with van der Waals surface area (Å²) < 4.78 is 17.2. The summed E-state index contributed by atoms with van der Waals surface area (Å²) in [5.74, 6) is 1.38. The van der Waals surface area contributed by atoms with Gasteiger partial charge in [-0.15, -0.1) is 0 Å². The number of benzene rings is 2. The number of carboxylic acid groups (broad SMARTS) is 1. The molecular weight excluding hydrogens is 296 g/mol. The van der Waals surface area contributed by atoms with E-state index in [1.165, 1.54) is 0 Å². The molecule has 1 atom stereocenters. The summed E-state index contributed by atoms with van der Waals surface area (Å²) in [6, 6.07) is 15.0. The Labute approximate surface area is 134 Å². The molecule has 120 valence electrons. The molecule has 3 rings (SSSR count). The Morgan fingerprint density at radius 2 is 2.00 bits per heavy atom. The number of hydrogen-bond acceptors (Lipinski definition) is 4. The molecule has 0 aromatic heterocycles. The minimum Gasteiger partial charge on any atom is -0.490 e. The second-order valence-electron chi connectivity index (χ2n) is 5.35. The van der Waals surface area contributed by atoms with Crippen LogP contribution < -0.4 is 14.2 Å². The van der Waals surface area contributed by atoms with E-state index in [0.717, 1.165) is 17.1 Å². The fourth-order valence-electron chi connectivity index (χ4n) is 2.38. The first-order chi connectivity index (χ1) is 11.2. The van der Waals surface area contributed by atoms with Gasteiger partial charge in [0.1, 0.15) is 19.0 Å². The highest BCUT2D eigenvalue weighted by molar-refractivity contribution is 5.67. The Bertz CT molecular complexity index is 683. The minimum absolute atomic E-state index is 0.111. The zero-order valence-corrected chi connectivity index (χ0v) is 12.6. The van der Waals surface area contributed by atoms with Crippen LogP contribution in [0.3, 0.4) is 0 Å². The molecular formula is C18H18O5. The quantitative estimate of drug-likeness (QED) is 0.888. The molecule has 1 heterocycles. The Kier molecular flexibility index (Phi) is 4.66. The van der Waals surface area contributed by atoms with Crippen molar-refractivity contribution in [1.82, 2.24) is 0 Å². The summed E-state index contributed by atoms with van der Waals surface area (Å²) >= 11 is 0. The van der Waals surface area contributed by atoms with Gasteiger partial charge in [0.25, 0.3) is 0 Å². The number of fused-ring (bicyclic) bond motifs is 1. The van der Waals surface area contributed by atoms with Crippen LogP contribution in [0.15, 0.2) is 48.5 Å². The van der Waals surface area contributed by atoms with Gasteiger partial charge in [-0.05, 0) is 36.2 Å². The van der Waals surface area contributed by atoms with Crippen LogP contribution in [-0.2, 0) is 11.2 Å². The molecule has 1 unspecified atom stereocenters. The van der Waals surface area contributed by atoms with Crippen molar-refractivity contribution in [1.29, 1.82) is 0 Å². The van der Waals surface area contributed by atoms with Gasteiger partial charge in [0.2, 0.25) is 0 Å². The molecule has 0 spiro atoms. The molecule has 0 saturated heterocycles. The van der Waals surface area contributed by atoms with E-state index in [9.17, 15) is 4.79 Å². The summed E-state index contributed by atoms with van der Waals surface area (Å²) in [7, 11) is 0. The van der Waals surface area contributed by atoms with Crippen LogP contribution in [0.4, 0.5) is 0 Å². The van der Waals surface area contributed by atoms with E-state index in [1.54, 1.807) is 0 Å². The van der Waals surface area contributed by atoms with E-state index >= 15 is 0 Å². The average Bonchev–Trinajstić information content (AvgIpc) is 2.58. The summed E-state index contributed by atoms with van der Waals surface area (Å²) in [5, 5.41) is 8.74. The third-order valence-corrected chi connectivity index (χ3v) is 3.53. The number of ether oxygens (including phenoxy) is 3. The zero-order valence-electron chi connectivity index (χ0n) is 12.6. The summed E-state index contributed by atoms with van der Waals surface area (Å²) in [6.45, 7) is 0.812. The van der Waals surface area contributed by atoms with Crippen molar-refractivity contribution in [2.75, 3.05) is 13.2 Å². The Hall–Kier alpha value is -2.69. The number of carbonyl (C=O) groups is 1. The number of aliphatic carboxylic acids is 1. The molecule has 0 fully saturated rings. The second kappa shape index (κ2) is 7.05. The Balaban J connectivity index is 1.55. The molecule has 0 bridgehead atoms. The Morgan fingerprint density at radius 1 is 1.17 bits per heavy atom. The van der Waals surface area contributed by atoms with E-state index in [4.69, 9.17) is 19.3 Å². The van der Waals surface area contributed by atoms with Crippen LogP contribution in [0.5, 0.6) is 17.2 Å². The maximum Gasteiger partial charge on any atom is 0.303 e. The van der Waals surface area contributed by atoms with Crippen LogP contribution >= 0.6 is 0 Å². The van der Waals surface area contributed by atoms with E-state index in [2.05, 4.69) is 0 Å². The van der Waals surface area contributed by atoms with Crippen LogP contribution in [0.1, 0.15) is 12.0 Å². The van der Waals surface area contributed by atoms with E-state index in [1.807, 2.05) is 48.5 Å². The molecule has 2 aromatic rings. The van der Waals surface area contributed by atoms with Crippen molar-refractivity contribution < 1.29 is 24.1 Å². The molecule has 2 aromatic carbocycles. The maximum atomic E-state index is 10.6. The van der Waals surface area contributed by atoms with Crippen LogP contribution in [0, 0.1) is 0 Å². The predicted molar refractivity (Wildman–Crippen MR) is 84.2 cm³/mol. The largest absolute Gasteiger partial charge is 0.490 e. The third kappa shape index (κ3) is 4.16. The van der Waals surface area contributed by atoms with Gasteiger partial charge in [0, 0.05) is 6.42 Å². The number of para-hydroxylation sites is 2. The zero-order chi connectivity index (χ0) is 16.1. The van der Waals surface area contributed by atoms with E-state index < -0.39 is 5.97 Å². The van der Waals surface area contributed by atoms with Crippen molar-refractivity contribution in [3.05, 3.63) is 54.1 Å². The normalized spacial score (nSPS) is 15.9.